The van der Waals surface area contributed by atoms with Gasteiger partial charge in [0.2, 0.25) is 5.91 Å². The molecule has 1 N–H and O–H groups in total. The van der Waals surface area contributed by atoms with Crippen LogP contribution in [0.15, 0.2) is 35.0 Å². The first-order chi connectivity index (χ1) is 11.0. The number of hydrogen-bond donors (Lipinski definition) is 1. The number of thiophene rings is 1. The average molecular weight is 329 g/mol. The first-order valence-corrected chi connectivity index (χ1v) is 8.43. The summed E-state index contributed by atoms with van der Waals surface area (Å²) < 4.78 is 0. The van der Waals surface area contributed by atoms with Crippen LogP contribution in [0.3, 0.4) is 0 Å². The largest absolute Gasteiger partial charge is 0.323 e. The Bertz CT molecular complexity index is 727. The number of rotatable bonds is 3. The highest BCUT2D eigenvalue weighted by atomic mass is 32.1. The van der Waals surface area contributed by atoms with Gasteiger partial charge in [0.15, 0.2) is 0 Å². The van der Waals surface area contributed by atoms with Crippen LogP contribution in [0, 0.1) is 0 Å². The van der Waals surface area contributed by atoms with Crippen molar-refractivity contribution in [1.82, 2.24) is 4.90 Å². The average Bonchev–Trinajstić information content (AvgIpc) is 3.15. The van der Waals surface area contributed by atoms with Gasteiger partial charge in [0, 0.05) is 38.4 Å². The van der Waals surface area contributed by atoms with Gasteiger partial charge in [-0.15, -0.1) is 0 Å². The Morgan fingerprint density at radius 1 is 1.35 bits per heavy atom. The van der Waals surface area contributed by atoms with Crippen LogP contribution in [0.5, 0.6) is 0 Å². The van der Waals surface area contributed by atoms with Gasteiger partial charge in [-0.1, -0.05) is 0 Å². The summed E-state index contributed by atoms with van der Waals surface area (Å²) in [6.07, 6.45) is 0.823. The predicted octanol–water partition coefficient (Wildman–Crippen LogP) is 3.32. The monoisotopic (exact) mass is 329 g/mol. The molecule has 0 spiro atoms. The molecule has 0 radical (unpaired) electrons. The third kappa shape index (κ3) is 3.37. The number of nitrogens with one attached hydrogen (secondary N) is 1. The van der Waals surface area contributed by atoms with Crippen LogP contribution in [0.25, 0.3) is 0 Å². The van der Waals surface area contributed by atoms with Gasteiger partial charge in [-0.25, -0.2) is 4.79 Å². The van der Waals surface area contributed by atoms with Gasteiger partial charge in [-0.2, -0.15) is 11.3 Å². The Hall–Kier alpha value is -2.34. The van der Waals surface area contributed by atoms with Crippen LogP contribution in [0.1, 0.15) is 18.1 Å². The molecule has 0 aliphatic carbocycles. The van der Waals surface area contributed by atoms with Crippen LogP contribution >= 0.6 is 11.3 Å². The summed E-state index contributed by atoms with van der Waals surface area (Å²) in [6, 6.07) is 7.57. The van der Waals surface area contributed by atoms with Crippen molar-refractivity contribution in [2.45, 2.75) is 19.9 Å². The number of nitrogens with zero attached hydrogens (tertiary/aromatic N) is 2. The standard InChI is InChI=1S/C17H19N3O2S/c1-12(21)20-7-5-14-9-15(3-4-16(14)20)18-17(22)19(2)10-13-6-8-23-11-13/h3-4,6,8-9,11H,5,7,10H2,1-2H3,(H,18,22). The molecule has 0 saturated carbocycles. The summed E-state index contributed by atoms with van der Waals surface area (Å²) in [5, 5.41) is 6.95. The summed E-state index contributed by atoms with van der Waals surface area (Å²) in [6.45, 7) is 2.86. The highest BCUT2D eigenvalue weighted by Crippen LogP contribution is 2.30. The predicted molar refractivity (Wildman–Crippen MR) is 93.0 cm³/mol. The van der Waals surface area contributed by atoms with Crippen LogP contribution in [-0.4, -0.2) is 30.4 Å². The minimum absolute atomic E-state index is 0.0519. The molecule has 0 saturated heterocycles. The normalized spacial score (nSPS) is 12.9. The number of anilines is 2. The van der Waals surface area contributed by atoms with Crippen LogP contribution in [0.2, 0.25) is 0 Å². The number of carbonyl (C=O) groups excluding carboxylic acids is 2. The first kappa shape index (κ1) is 15.6. The number of urea groups is 1. The highest BCUT2D eigenvalue weighted by Gasteiger charge is 2.22. The van der Waals surface area contributed by atoms with Gasteiger partial charge in [-0.05, 0) is 52.6 Å². The second-order valence-electron chi connectivity index (χ2n) is 5.68. The summed E-state index contributed by atoms with van der Waals surface area (Å²) in [7, 11) is 1.78. The van der Waals surface area contributed by atoms with Crippen molar-refractivity contribution in [2.75, 3.05) is 23.8 Å². The van der Waals surface area contributed by atoms with E-state index >= 15 is 0 Å². The number of hydrogen-bond acceptors (Lipinski definition) is 3. The first-order valence-electron chi connectivity index (χ1n) is 7.49. The molecule has 2 aromatic rings. The van der Waals surface area contributed by atoms with E-state index in [0.29, 0.717) is 13.1 Å². The molecule has 5 nitrogen and oxygen atoms in total. The molecule has 1 aliphatic heterocycles. The Balaban J connectivity index is 1.66. The molecule has 2 heterocycles. The zero-order valence-electron chi connectivity index (χ0n) is 13.2. The Labute approximate surface area is 139 Å². The van der Waals surface area contributed by atoms with Gasteiger partial charge in [-0.3, -0.25) is 4.79 Å². The molecule has 0 bridgehead atoms. The second-order valence-corrected chi connectivity index (χ2v) is 6.46. The molecule has 1 aromatic carbocycles. The van der Waals surface area contributed by atoms with Gasteiger partial charge in [0.1, 0.15) is 0 Å². The Kier molecular flexibility index (Phi) is 4.34. The van der Waals surface area contributed by atoms with Crippen molar-refractivity contribution >= 4 is 34.6 Å². The number of amides is 3. The quantitative estimate of drug-likeness (QED) is 0.939. The van der Waals surface area contributed by atoms with Gasteiger partial charge < -0.3 is 15.1 Å². The summed E-state index contributed by atoms with van der Waals surface area (Å²) >= 11 is 1.62. The van der Waals surface area contributed by atoms with Crippen molar-refractivity contribution in [3.8, 4) is 0 Å². The van der Waals surface area contributed by atoms with E-state index in [1.54, 1.807) is 35.1 Å². The fourth-order valence-corrected chi connectivity index (χ4v) is 3.41. The molecule has 120 valence electrons. The number of benzene rings is 1. The number of fused-ring (bicyclic) bond motifs is 1. The molecular weight excluding hydrogens is 310 g/mol. The van der Waals surface area contributed by atoms with Crippen LogP contribution in [-0.2, 0) is 17.8 Å². The maximum atomic E-state index is 12.3. The van der Waals surface area contributed by atoms with E-state index in [1.165, 1.54) is 0 Å². The van der Waals surface area contributed by atoms with Gasteiger partial charge in [0.05, 0.1) is 0 Å². The van der Waals surface area contributed by atoms with Crippen molar-refractivity contribution in [1.29, 1.82) is 0 Å². The van der Waals surface area contributed by atoms with Crippen LogP contribution < -0.4 is 10.2 Å². The van der Waals surface area contributed by atoms with Crippen molar-refractivity contribution in [3.05, 3.63) is 46.2 Å². The molecule has 3 amide bonds. The molecule has 23 heavy (non-hydrogen) atoms. The van der Waals surface area contributed by atoms with E-state index in [0.717, 1.165) is 28.9 Å². The fourth-order valence-electron chi connectivity index (χ4n) is 2.75. The van der Waals surface area contributed by atoms with E-state index in [-0.39, 0.29) is 11.9 Å². The maximum absolute atomic E-state index is 12.3. The molecule has 0 atom stereocenters. The number of carbonyl (C=O) groups is 2. The molecule has 0 unspecified atom stereocenters. The lowest BCUT2D eigenvalue weighted by atomic mass is 10.1. The Morgan fingerprint density at radius 3 is 2.87 bits per heavy atom. The molecule has 3 rings (SSSR count). The topological polar surface area (TPSA) is 52.7 Å². The van der Waals surface area contributed by atoms with Crippen molar-refractivity contribution in [2.24, 2.45) is 0 Å². The maximum Gasteiger partial charge on any atom is 0.321 e. The zero-order chi connectivity index (χ0) is 16.4. The lowest BCUT2D eigenvalue weighted by Crippen LogP contribution is -2.30. The van der Waals surface area contributed by atoms with Gasteiger partial charge in [0.25, 0.3) is 0 Å². The SMILES string of the molecule is CC(=O)N1CCc2cc(NC(=O)N(C)Cc3ccsc3)ccc21. The minimum Gasteiger partial charge on any atom is -0.323 e. The van der Waals surface area contributed by atoms with Crippen molar-refractivity contribution < 1.29 is 9.59 Å². The van der Waals surface area contributed by atoms with E-state index in [2.05, 4.69) is 5.32 Å². The Morgan fingerprint density at radius 2 is 2.17 bits per heavy atom. The minimum atomic E-state index is -0.141. The van der Waals surface area contributed by atoms with E-state index < -0.39 is 0 Å². The summed E-state index contributed by atoms with van der Waals surface area (Å²) in [4.78, 5) is 27.2. The smallest absolute Gasteiger partial charge is 0.321 e. The molecule has 1 aliphatic rings. The zero-order valence-corrected chi connectivity index (χ0v) is 14.0. The van der Waals surface area contributed by atoms with Gasteiger partial charge >= 0.3 is 6.03 Å². The summed E-state index contributed by atoms with van der Waals surface area (Å²) in [5.41, 5.74) is 3.93. The molecule has 6 heteroatoms. The van der Waals surface area contributed by atoms with Crippen molar-refractivity contribution in [3.63, 3.8) is 0 Å². The third-order valence-electron chi connectivity index (χ3n) is 3.95. The van der Waals surface area contributed by atoms with E-state index in [9.17, 15) is 9.59 Å². The second kappa shape index (κ2) is 6.42. The molecule has 0 fully saturated rings. The fraction of sp³-hybridized carbons (Fsp3) is 0.294. The summed E-state index contributed by atoms with van der Waals surface area (Å²) in [5.74, 6) is 0.0519. The van der Waals surface area contributed by atoms with E-state index in [1.807, 2.05) is 35.0 Å². The highest BCUT2D eigenvalue weighted by molar-refractivity contribution is 7.07. The lowest BCUT2D eigenvalue weighted by molar-refractivity contribution is -0.116. The lowest BCUT2D eigenvalue weighted by Gasteiger charge is -2.18. The van der Waals surface area contributed by atoms with E-state index in [4.69, 9.17) is 0 Å². The molecule has 1 aromatic heterocycles. The third-order valence-corrected chi connectivity index (χ3v) is 4.69. The molecular formula is C17H19N3O2S. The van der Waals surface area contributed by atoms with Crippen LogP contribution in [0.4, 0.5) is 16.2 Å².